The number of hydrogen-bond acceptors (Lipinski definition) is 3. The van der Waals surface area contributed by atoms with E-state index in [1.54, 1.807) is 16.4 Å². The molecule has 0 bridgehead atoms. The first-order chi connectivity index (χ1) is 15.5. The molecule has 0 saturated carbocycles. The highest BCUT2D eigenvalue weighted by molar-refractivity contribution is 7.89. The summed E-state index contributed by atoms with van der Waals surface area (Å²) in [6.45, 7) is 7.51. The maximum Gasteiger partial charge on any atom is 0.243 e. The van der Waals surface area contributed by atoms with Crippen molar-refractivity contribution in [2.45, 2.75) is 56.9 Å². The van der Waals surface area contributed by atoms with Crippen LogP contribution in [0, 0.1) is 0 Å². The molecule has 1 fully saturated rings. The van der Waals surface area contributed by atoms with E-state index in [4.69, 9.17) is 4.74 Å². The molecule has 6 heteroatoms. The molecule has 172 valence electrons. The molecular formula is C26H34N2O3S. The smallest absolute Gasteiger partial charge is 0.243 e. The second-order valence-corrected chi connectivity index (χ2v) is 10.5. The zero-order valence-electron chi connectivity index (χ0n) is 19.2. The summed E-state index contributed by atoms with van der Waals surface area (Å²) in [6.07, 6.45) is 5.97. The summed E-state index contributed by atoms with van der Waals surface area (Å²) in [7, 11) is -3.44. The lowest BCUT2D eigenvalue weighted by atomic mass is 9.90. The number of benzene rings is 2. The fraction of sp³-hybridized carbons (Fsp3) is 0.462. The van der Waals surface area contributed by atoms with Crippen molar-refractivity contribution in [3.05, 3.63) is 65.9 Å². The molecule has 0 aliphatic carbocycles. The van der Waals surface area contributed by atoms with Gasteiger partial charge in [-0.05, 0) is 61.4 Å². The van der Waals surface area contributed by atoms with Gasteiger partial charge in [-0.25, -0.2) is 8.42 Å². The fourth-order valence-electron chi connectivity index (χ4n) is 4.77. The lowest BCUT2D eigenvalue weighted by Gasteiger charge is -2.31. The van der Waals surface area contributed by atoms with Gasteiger partial charge in [-0.2, -0.15) is 4.31 Å². The van der Waals surface area contributed by atoms with Gasteiger partial charge in [-0.3, -0.25) is 0 Å². The third-order valence-corrected chi connectivity index (χ3v) is 8.41. The quantitative estimate of drug-likeness (QED) is 0.418. The summed E-state index contributed by atoms with van der Waals surface area (Å²) < 4.78 is 35.8. The number of hydrogen-bond donors (Lipinski definition) is 0. The van der Waals surface area contributed by atoms with E-state index in [0.717, 1.165) is 38.8 Å². The van der Waals surface area contributed by atoms with Crippen LogP contribution in [0.25, 0.3) is 10.9 Å². The molecule has 0 amide bonds. The Morgan fingerprint density at radius 3 is 2.41 bits per heavy atom. The van der Waals surface area contributed by atoms with Crippen molar-refractivity contribution < 1.29 is 13.2 Å². The predicted molar refractivity (Wildman–Crippen MR) is 130 cm³/mol. The minimum Gasteiger partial charge on any atom is -0.380 e. The largest absolute Gasteiger partial charge is 0.380 e. The Bertz CT molecular complexity index is 1130. The zero-order chi connectivity index (χ0) is 22.6. The summed E-state index contributed by atoms with van der Waals surface area (Å²) >= 11 is 0. The van der Waals surface area contributed by atoms with E-state index in [0.29, 0.717) is 30.5 Å². The number of aryl methyl sites for hydroxylation is 1. The van der Waals surface area contributed by atoms with E-state index < -0.39 is 10.0 Å². The monoisotopic (exact) mass is 454 g/mol. The van der Waals surface area contributed by atoms with Gasteiger partial charge in [-0.1, -0.05) is 43.7 Å². The van der Waals surface area contributed by atoms with E-state index in [2.05, 4.69) is 42.0 Å². The molecule has 2 aromatic carbocycles. The molecular weight excluding hydrogens is 420 g/mol. The Kier molecular flexibility index (Phi) is 7.33. The van der Waals surface area contributed by atoms with Gasteiger partial charge >= 0.3 is 0 Å². The van der Waals surface area contributed by atoms with E-state index in [-0.39, 0.29) is 0 Å². The number of sulfonamides is 1. The number of para-hydroxylation sites is 1. The molecule has 3 aromatic rings. The molecule has 2 heterocycles. The number of ether oxygens (including phenoxy) is 1. The van der Waals surface area contributed by atoms with Crippen LogP contribution in [-0.4, -0.2) is 43.6 Å². The highest BCUT2D eigenvalue weighted by atomic mass is 32.2. The van der Waals surface area contributed by atoms with Crippen molar-refractivity contribution in [2.75, 3.05) is 26.3 Å². The molecule has 5 nitrogen and oxygen atoms in total. The zero-order valence-corrected chi connectivity index (χ0v) is 20.0. The highest BCUT2D eigenvalue weighted by Crippen LogP contribution is 2.36. The summed E-state index contributed by atoms with van der Waals surface area (Å²) in [5.74, 6) is 0.367. The second-order valence-electron chi connectivity index (χ2n) is 8.56. The van der Waals surface area contributed by atoms with Crippen LogP contribution in [0.4, 0.5) is 0 Å². The molecule has 0 atom stereocenters. The van der Waals surface area contributed by atoms with Gasteiger partial charge in [-0.15, -0.1) is 0 Å². The number of fused-ring (bicyclic) bond motifs is 1. The summed E-state index contributed by atoms with van der Waals surface area (Å²) in [4.78, 5) is 0.406. The third-order valence-electron chi connectivity index (χ3n) is 6.49. The normalized spacial score (nSPS) is 16.1. The first-order valence-electron chi connectivity index (χ1n) is 11.8. The van der Waals surface area contributed by atoms with Crippen LogP contribution in [0.3, 0.4) is 0 Å². The molecule has 4 rings (SSSR count). The van der Waals surface area contributed by atoms with Crippen molar-refractivity contribution in [1.29, 1.82) is 0 Å². The first kappa shape index (κ1) is 23.0. The van der Waals surface area contributed by atoms with E-state index in [1.807, 2.05) is 19.1 Å². The van der Waals surface area contributed by atoms with Crippen LogP contribution in [0.5, 0.6) is 0 Å². The summed E-state index contributed by atoms with van der Waals surface area (Å²) in [5.41, 5.74) is 3.74. The lowest BCUT2D eigenvalue weighted by Crippen LogP contribution is -2.37. The maximum atomic E-state index is 13.2. The number of nitrogens with zero attached hydrogens (tertiary/aromatic N) is 2. The summed E-state index contributed by atoms with van der Waals surface area (Å²) in [5, 5.41) is 1.27. The maximum absolute atomic E-state index is 13.2. The lowest BCUT2D eigenvalue weighted by molar-refractivity contribution is 0.140. The van der Waals surface area contributed by atoms with E-state index in [9.17, 15) is 8.42 Å². The second kappa shape index (κ2) is 10.2. The molecule has 0 unspecified atom stereocenters. The molecule has 1 aliphatic heterocycles. The molecule has 32 heavy (non-hydrogen) atoms. The van der Waals surface area contributed by atoms with Crippen LogP contribution >= 0.6 is 0 Å². The highest BCUT2D eigenvalue weighted by Gasteiger charge is 2.31. The molecule has 1 aliphatic rings. The molecule has 0 spiro atoms. The van der Waals surface area contributed by atoms with Crippen molar-refractivity contribution in [2.24, 2.45) is 0 Å². The number of piperidine rings is 1. The summed E-state index contributed by atoms with van der Waals surface area (Å²) in [6, 6.07) is 15.9. The Hall–Kier alpha value is -2.15. The molecule has 1 aromatic heterocycles. The molecule has 1 saturated heterocycles. The third kappa shape index (κ3) is 4.77. The average Bonchev–Trinajstić information content (AvgIpc) is 3.19. The van der Waals surface area contributed by atoms with Gasteiger partial charge in [0.25, 0.3) is 0 Å². The molecule has 0 radical (unpaired) electrons. The van der Waals surface area contributed by atoms with Gasteiger partial charge in [0.15, 0.2) is 0 Å². The standard InChI is InChI=1S/C26H34N2O3S/c1-3-7-21-10-12-23(13-11-21)32(29,30)28-16-14-22(15-17-28)25-20-27(18-19-31-4-2)26-9-6-5-8-24(25)26/h5-6,8-13,20,22H,3-4,7,14-19H2,1-2H3. The Labute approximate surface area is 192 Å². The topological polar surface area (TPSA) is 51.5 Å². The predicted octanol–water partition coefficient (Wildman–Crippen LogP) is 5.20. The average molecular weight is 455 g/mol. The van der Waals surface area contributed by atoms with Crippen LogP contribution in [0.2, 0.25) is 0 Å². The van der Waals surface area contributed by atoms with Gasteiger partial charge in [0.1, 0.15) is 0 Å². The molecule has 0 N–H and O–H groups in total. The van der Waals surface area contributed by atoms with Crippen LogP contribution < -0.4 is 0 Å². The van der Waals surface area contributed by atoms with E-state index in [1.165, 1.54) is 22.0 Å². The van der Waals surface area contributed by atoms with Gasteiger partial charge < -0.3 is 9.30 Å². The fourth-order valence-corrected chi connectivity index (χ4v) is 6.24. The number of rotatable bonds is 9. The van der Waals surface area contributed by atoms with Crippen molar-refractivity contribution in [3.8, 4) is 0 Å². The Morgan fingerprint density at radius 1 is 1.00 bits per heavy atom. The Balaban J connectivity index is 1.48. The minimum absolute atomic E-state index is 0.367. The number of aromatic nitrogens is 1. The Morgan fingerprint density at radius 2 is 1.72 bits per heavy atom. The van der Waals surface area contributed by atoms with Crippen LogP contribution in [-0.2, 0) is 27.7 Å². The van der Waals surface area contributed by atoms with Gasteiger partial charge in [0, 0.05) is 43.3 Å². The van der Waals surface area contributed by atoms with Crippen molar-refractivity contribution in [1.82, 2.24) is 8.87 Å². The van der Waals surface area contributed by atoms with E-state index >= 15 is 0 Å². The minimum atomic E-state index is -3.44. The van der Waals surface area contributed by atoms with Crippen LogP contribution in [0.1, 0.15) is 50.2 Å². The van der Waals surface area contributed by atoms with Gasteiger partial charge in [0.2, 0.25) is 10.0 Å². The van der Waals surface area contributed by atoms with Crippen LogP contribution in [0.15, 0.2) is 59.6 Å². The van der Waals surface area contributed by atoms with Gasteiger partial charge in [0.05, 0.1) is 11.5 Å². The van der Waals surface area contributed by atoms with Crippen molar-refractivity contribution >= 4 is 20.9 Å². The SMILES string of the molecule is CCCc1ccc(S(=O)(=O)N2CCC(c3cn(CCOCC)c4ccccc34)CC2)cc1. The van der Waals surface area contributed by atoms with Crippen molar-refractivity contribution in [3.63, 3.8) is 0 Å². The first-order valence-corrected chi connectivity index (χ1v) is 13.2.